The maximum Gasteiger partial charge on any atom is 0.0715 e. The molecule has 1 aromatic rings. The Hall–Kier alpha value is 0.0700. The van der Waals surface area contributed by atoms with E-state index in [1.54, 1.807) is 0 Å². The molecule has 0 saturated heterocycles. The van der Waals surface area contributed by atoms with Gasteiger partial charge in [0, 0.05) is 15.1 Å². The van der Waals surface area contributed by atoms with Crippen molar-refractivity contribution < 1.29 is 0 Å². The van der Waals surface area contributed by atoms with Crippen LogP contribution in [0, 0.1) is 5.92 Å². The van der Waals surface area contributed by atoms with Crippen molar-refractivity contribution >= 4 is 31.9 Å². The molecule has 0 aliphatic heterocycles. The Morgan fingerprint density at radius 1 is 1.32 bits per heavy atom. The fourth-order valence-electron chi connectivity index (χ4n) is 2.98. The Balaban J connectivity index is 2.09. The number of nitrogens with zero attached hydrogens (tertiary/aromatic N) is 1. The molecule has 2 rings (SSSR count). The van der Waals surface area contributed by atoms with Crippen LogP contribution in [0.4, 0.5) is 0 Å². The summed E-state index contributed by atoms with van der Waals surface area (Å²) in [5, 5.41) is 3.60. The van der Waals surface area contributed by atoms with Gasteiger partial charge in [0.2, 0.25) is 0 Å². The molecule has 1 fully saturated rings. The van der Waals surface area contributed by atoms with Gasteiger partial charge in [-0.3, -0.25) is 4.98 Å². The number of pyridine rings is 1. The monoisotopic (exact) mass is 388 g/mol. The van der Waals surface area contributed by atoms with E-state index in [1.165, 1.54) is 38.5 Å². The average Bonchev–Trinajstić information content (AvgIpc) is 2.39. The molecule has 1 atom stereocenters. The van der Waals surface area contributed by atoms with E-state index in [4.69, 9.17) is 0 Å². The summed E-state index contributed by atoms with van der Waals surface area (Å²) < 4.78 is 2.12. The fourth-order valence-corrected chi connectivity index (χ4v) is 4.24. The van der Waals surface area contributed by atoms with Gasteiger partial charge >= 0.3 is 0 Å². The van der Waals surface area contributed by atoms with Crippen LogP contribution in [-0.2, 0) is 0 Å². The molecule has 19 heavy (non-hydrogen) atoms. The van der Waals surface area contributed by atoms with Crippen LogP contribution >= 0.6 is 31.9 Å². The summed E-state index contributed by atoms with van der Waals surface area (Å²) in [6.07, 6.45) is 10.1. The molecule has 4 heteroatoms. The first-order valence-corrected chi connectivity index (χ1v) is 8.83. The summed E-state index contributed by atoms with van der Waals surface area (Å²) in [5.41, 5.74) is 1.15. The van der Waals surface area contributed by atoms with E-state index in [-0.39, 0.29) is 0 Å². The molecule has 0 radical (unpaired) electrons. The maximum absolute atomic E-state index is 4.61. The zero-order chi connectivity index (χ0) is 13.7. The molecule has 0 bridgehead atoms. The highest BCUT2D eigenvalue weighted by Gasteiger charge is 2.22. The number of hydrogen-bond acceptors (Lipinski definition) is 2. The minimum absolute atomic E-state index is 0.371. The highest BCUT2D eigenvalue weighted by atomic mass is 79.9. The van der Waals surface area contributed by atoms with Crippen molar-refractivity contribution in [3.05, 3.63) is 26.9 Å². The number of aromatic nitrogens is 1. The van der Waals surface area contributed by atoms with Gasteiger partial charge in [-0.1, -0.05) is 39.0 Å². The van der Waals surface area contributed by atoms with Crippen LogP contribution in [0.1, 0.15) is 57.2 Å². The minimum atomic E-state index is 0.371. The molecule has 1 unspecified atom stereocenters. The summed E-state index contributed by atoms with van der Waals surface area (Å²) in [7, 11) is 0. The molecule has 106 valence electrons. The van der Waals surface area contributed by atoms with Crippen molar-refractivity contribution in [1.29, 1.82) is 0 Å². The van der Waals surface area contributed by atoms with Crippen LogP contribution in [-0.4, -0.2) is 11.5 Å². The predicted octanol–water partition coefficient (Wildman–Crippen LogP) is 5.23. The zero-order valence-electron chi connectivity index (χ0n) is 11.5. The van der Waals surface area contributed by atoms with Gasteiger partial charge in [0.25, 0.3) is 0 Å². The van der Waals surface area contributed by atoms with Crippen molar-refractivity contribution in [2.75, 3.05) is 6.54 Å². The van der Waals surface area contributed by atoms with Gasteiger partial charge < -0.3 is 5.32 Å². The SMILES string of the molecule is CCNC(CC1CCCCC1)c1ncc(Br)cc1Br. The van der Waals surface area contributed by atoms with Gasteiger partial charge in [0.15, 0.2) is 0 Å². The van der Waals surface area contributed by atoms with Gasteiger partial charge in [-0.05, 0) is 56.8 Å². The van der Waals surface area contributed by atoms with Crippen LogP contribution in [0.25, 0.3) is 0 Å². The molecule has 1 aliphatic rings. The molecule has 2 nitrogen and oxygen atoms in total. The van der Waals surface area contributed by atoms with Gasteiger partial charge in [-0.2, -0.15) is 0 Å². The predicted molar refractivity (Wildman–Crippen MR) is 87.2 cm³/mol. The molecule has 0 amide bonds. The largest absolute Gasteiger partial charge is 0.309 e. The van der Waals surface area contributed by atoms with E-state index in [2.05, 4.69) is 55.2 Å². The first-order chi connectivity index (χ1) is 9.20. The third-order valence-corrected chi connectivity index (χ3v) is 4.98. The molecule has 1 saturated carbocycles. The van der Waals surface area contributed by atoms with Crippen molar-refractivity contribution in [1.82, 2.24) is 10.3 Å². The van der Waals surface area contributed by atoms with Crippen LogP contribution in [0.15, 0.2) is 21.2 Å². The first-order valence-electron chi connectivity index (χ1n) is 7.25. The Bertz CT molecular complexity index is 403. The molecule has 1 heterocycles. The normalized spacial score (nSPS) is 18.5. The Kier molecular flexibility index (Phi) is 6.30. The summed E-state index contributed by atoms with van der Waals surface area (Å²) in [6, 6.07) is 2.46. The van der Waals surface area contributed by atoms with E-state index in [0.717, 1.165) is 27.1 Å². The van der Waals surface area contributed by atoms with E-state index < -0.39 is 0 Å². The number of halogens is 2. The standard InChI is InChI=1S/C15H22Br2N2/c1-2-18-14(8-11-6-4-3-5-7-11)15-13(17)9-12(16)10-19-15/h9-11,14,18H,2-8H2,1H3. The molecule has 0 spiro atoms. The van der Waals surface area contributed by atoms with Crippen LogP contribution in [0.2, 0.25) is 0 Å². The number of nitrogens with one attached hydrogen (secondary N) is 1. The smallest absolute Gasteiger partial charge is 0.0715 e. The lowest BCUT2D eigenvalue weighted by Gasteiger charge is -2.27. The summed E-state index contributed by atoms with van der Waals surface area (Å²) >= 11 is 7.12. The van der Waals surface area contributed by atoms with Crippen LogP contribution < -0.4 is 5.32 Å². The fraction of sp³-hybridized carbons (Fsp3) is 0.667. The minimum Gasteiger partial charge on any atom is -0.309 e. The molecule has 1 aromatic heterocycles. The lowest BCUT2D eigenvalue weighted by molar-refractivity contribution is 0.299. The molecular formula is C15H22Br2N2. The third kappa shape index (κ3) is 4.54. The summed E-state index contributed by atoms with van der Waals surface area (Å²) in [5.74, 6) is 0.857. The second-order valence-electron chi connectivity index (χ2n) is 5.37. The van der Waals surface area contributed by atoms with E-state index in [1.807, 2.05) is 6.20 Å². The lowest BCUT2D eigenvalue weighted by Crippen LogP contribution is -2.25. The van der Waals surface area contributed by atoms with Gasteiger partial charge in [0.05, 0.1) is 11.7 Å². The summed E-state index contributed by atoms with van der Waals surface area (Å²) in [6.45, 7) is 3.15. The Morgan fingerprint density at radius 2 is 2.05 bits per heavy atom. The number of rotatable bonds is 5. The lowest BCUT2D eigenvalue weighted by atomic mass is 9.84. The topological polar surface area (TPSA) is 24.9 Å². The van der Waals surface area contributed by atoms with Crippen molar-refractivity contribution in [3.8, 4) is 0 Å². The van der Waals surface area contributed by atoms with E-state index in [9.17, 15) is 0 Å². The maximum atomic E-state index is 4.61. The van der Waals surface area contributed by atoms with Gasteiger partial charge in [-0.15, -0.1) is 0 Å². The molecular weight excluding hydrogens is 368 g/mol. The van der Waals surface area contributed by atoms with Gasteiger partial charge in [0.1, 0.15) is 0 Å². The molecule has 1 aliphatic carbocycles. The Morgan fingerprint density at radius 3 is 2.68 bits per heavy atom. The van der Waals surface area contributed by atoms with Crippen molar-refractivity contribution in [2.24, 2.45) is 5.92 Å². The van der Waals surface area contributed by atoms with Crippen LogP contribution in [0.5, 0.6) is 0 Å². The third-order valence-electron chi connectivity index (χ3n) is 3.91. The quantitative estimate of drug-likeness (QED) is 0.745. The highest BCUT2D eigenvalue weighted by Crippen LogP contribution is 2.34. The highest BCUT2D eigenvalue weighted by molar-refractivity contribution is 9.11. The summed E-state index contributed by atoms with van der Waals surface area (Å²) in [4.78, 5) is 4.61. The average molecular weight is 390 g/mol. The van der Waals surface area contributed by atoms with Crippen molar-refractivity contribution in [3.63, 3.8) is 0 Å². The van der Waals surface area contributed by atoms with E-state index >= 15 is 0 Å². The second kappa shape index (κ2) is 7.75. The second-order valence-corrected chi connectivity index (χ2v) is 7.14. The van der Waals surface area contributed by atoms with Crippen LogP contribution in [0.3, 0.4) is 0 Å². The van der Waals surface area contributed by atoms with E-state index in [0.29, 0.717) is 6.04 Å². The molecule has 0 aromatic carbocycles. The Labute approximate surface area is 133 Å². The van der Waals surface area contributed by atoms with Gasteiger partial charge in [-0.25, -0.2) is 0 Å². The zero-order valence-corrected chi connectivity index (χ0v) is 14.6. The number of hydrogen-bond donors (Lipinski definition) is 1. The first kappa shape index (κ1) is 15.5. The molecule has 1 N–H and O–H groups in total. The van der Waals surface area contributed by atoms with Crippen molar-refractivity contribution in [2.45, 2.75) is 51.5 Å².